The zero-order chi connectivity index (χ0) is 18.0. The van der Waals surface area contributed by atoms with Gasteiger partial charge in [-0.3, -0.25) is 18.8 Å². The van der Waals surface area contributed by atoms with Gasteiger partial charge in [-0.25, -0.2) is 4.79 Å². The molecule has 10 heteroatoms. The van der Waals surface area contributed by atoms with Crippen LogP contribution >= 0.6 is 0 Å². The molecule has 3 aromatic heterocycles. The third-order valence-electron chi connectivity index (χ3n) is 3.52. The minimum atomic E-state index is -1.26. The fraction of sp³-hybridized carbons (Fsp3) is 0.267. The largest absolute Gasteiger partial charge is 0.476 e. The Morgan fingerprint density at radius 2 is 1.92 bits per heavy atom. The van der Waals surface area contributed by atoms with Gasteiger partial charge in [-0.1, -0.05) is 0 Å². The second-order valence-corrected chi connectivity index (χ2v) is 5.46. The third-order valence-corrected chi connectivity index (χ3v) is 3.52. The van der Waals surface area contributed by atoms with E-state index in [0.29, 0.717) is 12.2 Å². The van der Waals surface area contributed by atoms with Gasteiger partial charge in [0.1, 0.15) is 0 Å². The molecule has 0 aliphatic rings. The summed E-state index contributed by atoms with van der Waals surface area (Å²) in [5.41, 5.74) is 1.16. The van der Waals surface area contributed by atoms with Crippen molar-refractivity contribution in [2.75, 3.05) is 5.32 Å². The van der Waals surface area contributed by atoms with Crippen LogP contribution in [0.2, 0.25) is 0 Å². The monoisotopic (exact) mass is 343 g/mol. The lowest BCUT2D eigenvalue weighted by Gasteiger charge is -2.01. The normalized spacial score (nSPS) is 10.8. The van der Waals surface area contributed by atoms with Gasteiger partial charge in [-0.2, -0.15) is 15.3 Å². The molecular formula is C15H17N7O3. The molecule has 3 heterocycles. The van der Waals surface area contributed by atoms with Crippen LogP contribution in [0.5, 0.6) is 0 Å². The highest BCUT2D eigenvalue weighted by Gasteiger charge is 2.21. The maximum atomic E-state index is 12.3. The molecule has 3 aromatic rings. The lowest BCUT2D eigenvalue weighted by Crippen LogP contribution is -2.15. The van der Waals surface area contributed by atoms with E-state index < -0.39 is 11.9 Å². The number of aryl methyl sites for hydroxylation is 2. The van der Waals surface area contributed by atoms with Crippen molar-refractivity contribution in [3.63, 3.8) is 0 Å². The van der Waals surface area contributed by atoms with Gasteiger partial charge in [-0.05, 0) is 6.92 Å². The van der Waals surface area contributed by atoms with Crippen LogP contribution in [0.3, 0.4) is 0 Å². The quantitative estimate of drug-likeness (QED) is 0.684. The average Bonchev–Trinajstić information content (AvgIpc) is 3.28. The first-order chi connectivity index (χ1) is 12.0. The number of amides is 1. The molecule has 0 saturated carbocycles. The number of carbonyl (C=O) groups excluding carboxylic acids is 1. The van der Waals surface area contributed by atoms with Gasteiger partial charge in [0, 0.05) is 37.7 Å². The Morgan fingerprint density at radius 3 is 2.60 bits per heavy atom. The van der Waals surface area contributed by atoms with Crippen molar-refractivity contribution < 1.29 is 14.7 Å². The SMILES string of the molecule is CCn1cc(Cn2cc(NC(=O)c3cn(C)nc3C(=O)O)cn2)cn1. The number of aromatic nitrogens is 6. The number of carboxylic acid groups (broad SMARTS) is 1. The van der Waals surface area contributed by atoms with E-state index in [4.69, 9.17) is 5.11 Å². The van der Waals surface area contributed by atoms with E-state index >= 15 is 0 Å². The van der Waals surface area contributed by atoms with Crippen LogP contribution in [0, 0.1) is 0 Å². The maximum absolute atomic E-state index is 12.3. The topological polar surface area (TPSA) is 120 Å². The minimum Gasteiger partial charge on any atom is -0.476 e. The van der Waals surface area contributed by atoms with Crippen LogP contribution < -0.4 is 5.32 Å². The van der Waals surface area contributed by atoms with Gasteiger partial charge >= 0.3 is 5.97 Å². The van der Waals surface area contributed by atoms with E-state index in [-0.39, 0.29) is 11.3 Å². The predicted molar refractivity (Wildman–Crippen MR) is 87.4 cm³/mol. The van der Waals surface area contributed by atoms with Crippen molar-refractivity contribution in [1.29, 1.82) is 0 Å². The number of carboxylic acids is 1. The van der Waals surface area contributed by atoms with Crippen molar-refractivity contribution in [2.45, 2.75) is 20.0 Å². The summed E-state index contributed by atoms with van der Waals surface area (Å²) in [6, 6.07) is 0. The van der Waals surface area contributed by atoms with Gasteiger partial charge in [0.05, 0.1) is 30.2 Å². The molecule has 0 aliphatic carbocycles. The highest BCUT2D eigenvalue weighted by atomic mass is 16.4. The van der Waals surface area contributed by atoms with Gasteiger partial charge in [0.2, 0.25) is 0 Å². The summed E-state index contributed by atoms with van der Waals surface area (Å²) in [4.78, 5) is 23.4. The summed E-state index contributed by atoms with van der Waals surface area (Å²) >= 11 is 0. The summed E-state index contributed by atoms with van der Waals surface area (Å²) in [6.07, 6.45) is 8.21. The molecule has 0 atom stereocenters. The first kappa shape index (κ1) is 16.4. The van der Waals surface area contributed by atoms with E-state index in [1.807, 2.05) is 17.8 Å². The van der Waals surface area contributed by atoms with E-state index in [9.17, 15) is 9.59 Å². The molecule has 25 heavy (non-hydrogen) atoms. The van der Waals surface area contributed by atoms with Crippen LogP contribution in [0.15, 0.2) is 31.0 Å². The molecule has 0 radical (unpaired) electrons. The zero-order valence-electron chi connectivity index (χ0n) is 13.7. The maximum Gasteiger partial charge on any atom is 0.357 e. The molecule has 0 aromatic carbocycles. The summed E-state index contributed by atoms with van der Waals surface area (Å²) in [7, 11) is 1.55. The Labute approximate surface area is 142 Å². The molecule has 0 saturated heterocycles. The molecule has 10 nitrogen and oxygen atoms in total. The lowest BCUT2D eigenvalue weighted by molar-refractivity contribution is 0.0685. The van der Waals surface area contributed by atoms with E-state index in [2.05, 4.69) is 20.6 Å². The average molecular weight is 343 g/mol. The standard InChI is InChI=1S/C15H17N7O3/c1-3-21-6-10(4-16-21)7-22-8-11(5-17-22)18-14(23)12-9-20(2)19-13(12)15(24)25/h4-6,8-9H,3,7H2,1-2H3,(H,18,23)(H,24,25). The van der Waals surface area contributed by atoms with Crippen LogP contribution in [-0.2, 0) is 20.1 Å². The Bertz CT molecular complexity index is 921. The Morgan fingerprint density at radius 1 is 1.16 bits per heavy atom. The summed E-state index contributed by atoms with van der Waals surface area (Å²) in [6.45, 7) is 3.31. The van der Waals surface area contributed by atoms with Crippen molar-refractivity contribution in [1.82, 2.24) is 29.3 Å². The minimum absolute atomic E-state index is 0.00743. The number of hydrogen-bond acceptors (Lipinski definition) is 5. The molecule has 3 rings (SSSR count). The Hall–Kier alpha value is -3.43. The van der Waals surface area contributed by atoms with Crippen LogP contribution in [0.25, 0.3) is 0 Å². The van der Waals surface area contributed by atoms with Crippen molar-refractivity contribution in [3.05, 3.63) is 47.8 Å². The van der Waals surface area contributed by atoms with E-state index in [1.165, 1.54) is 17.1 Å². The smallest absolute Gasteiger partial charge is 0.357 e. The van der Waals surface area contributed by atoms with Gasteiger partial charge in [0.25, 0.3) is 5.91 Å². The Balaban J connectivity index is 1.70. The number of anilines is 1. The first-order valence-electron chi connectivity index (χ1n) is 7.58. The summed E-state index contributed by atoms with van der Waals surface area (Å²) in [5, 5.41) is 23.9. The number of aromatic carboxylic acids is 1. The van der Waals surface area contributed by atoms with Crippen LogP contribution in [0.4, 0.5) is 5.69 Å². The van der Waals surface area contributed by atoms with Gasteiger partial charge in [0.15, 0.2) is 5.69 Å². The van der Waals surface area contributed by atoms with Crippen LogP contribution in [-0.4, -0.2) is 46.3 Å². The number of nitrogens with zero attached hydrogens (tertiary/aromatic N) is 6. The first-order valence-corrected chi connectivity index (χ1v) is 7.58. The number of nitrogens with one attached hydrogen (secondary N) is 1. The van der Waals surface area contributed by atoms with Crippen LogP contribution in [0.1, 0.15) is 33.3 Å². The second-order valence-electron chi connectivity index (χ2n) is 5.46. The molecule has 0 fully saturated rings. The van der Waals surface area contributed by atoms with Crippen molar-refractivity contribution in [3.8, 4) is 0 Å². The van der Waals surface area contributed by atoms with Gasteiger partial charge < -0.3 is 10.4 Å². The second kappa shape index (κ2) is 6.59. The molecule has 0 aliphatic heterocycles. The molecule has 0 unspecified atom stereocenters. The summed E-state index contributed by atoms with van der Waals surface area (Å²) in [5.74, 6) is -1.81. The van der Waals surface area contributed by atoms with Crippen molar-refractivity contribution >= 4 is 17.6 Å². The molecule has 0 bridgehead atoms. The van der Waals surface area contributed by atoms with E-state index in [1.54, 1.807) is 24.1 Å². The third kappa shape index (κ3) is 3.57. The molecule has 1 amide bonds. The fourth-order valence-electron chi connectivity index (χ4n) is 2.37. The summed E-state index contributed by atoms with van der Waals surface area (Å²) < 4.78 is 4.76. The highest BCUT2D eigenvalue weighted by Crippen LogP contribution is 2.12. The van der Waals surface area contributed by atoms with Gasteiger partial charge in [-0.15, -0.1) is 0 Å². The Kier molecular flexibility index (Phi) is 4.33. The molecule has 0 spiro atoms. The fourth-order valence-corrected chi connectivity index (χ4v) is 2.37. The van der Waals surface area contributed by atoms with Crippen molar-refractivity contribution in [2.24, 2.45) is 7.05 Å². The lowest BCUT2D eigenvalue weighted by atomic mass is 10.2. The molecule has 2 N–H and O–H groups in total. The zero-order valence-corrected chi connectivity index (χ0v) is 13.7. The number of hydrogen-bond donors (Lipinski definition) is 2. The highest BCUT2D eigenvalue weighted by molar-refractivity contribution is 6.09. The van der Waals surface area contributed by atoms with E-state index in [0.717, 1.165) is 12.1 Å². The molecular weight excluding hydrogens is 326 g/mol. The molecule has 130 valence electrons. The predicted octanol–water partition coefficient (Wildman–Crippen LogP) is 0.832. The number of carbonyl (C=O) groups is 2. The number of rotatable bonds is 6.